The molecule has 4 heteroatoms. The van der Waals surface area contributed by atoms with Crippen LogP contribution in [-0.2, 0) is 14.9 Å². The first-order valence-electron chi connectivity index (χ1n) is 7.72. The SMILES string of the molecule is CC(C)(C)c1ccc(/C=C2/N=C(c3cccc(F)c3)OC2=O)cc1. The first kappa shape index (κ1) is 16.1. The maximum absolute atomic E-state index is 13.3. The molecule has 24 heavy (non-hydrogen) atoms. The average molecular weight is 323 g/mol. The molecule has 1 aliphatic heterocycles. The van der Waals surface area contributed by atoms with E-state index >= 15 is 0 Å². The van der Waals surface area contributed by atoms with Crippen molar-refractivity contribution in [2.24, 2.45) is 4.99 Å². The minimum absolute atomic E-state index is 0.0701. The third-order valence-electron chi connectivity index (χ3n) is 3.77. The molecule has 3 rings (SSSR count). The Labute approximate surface area is 140 Å². The van der Waals surface area contributed by atoms with Gasteiger partial charge in [-0.2, -0.15) is 0 Å². The molecule has 2 aromatic rings. The van der Waals surface area contributed by atoms with Crippen LogP contribution in [0.2, 0.25) is 0 Å². The fraction of sp³-hybridized carbons (Fsp3) is 0.200. The molecule has 2 aromatic carbocycles. The molecule has 0 aliphatic carbocycles. The number of aliphatic imine (C=N–C) groups is 1. The smallest absolute Gasteiger partial charge is 0.363 e. The van der Waals surface area contributed by atoms with E-state index in [2.05, 4.69) is 25.8 Å². The monoisotopic (exact) mass is 323 g/mol. The quantitative estimate of drug-likeness (QED) is 0.604. The minimum atomic E-state index is -0.533. The van der Waals surface area contributed by atoms with Crippen LogP contribution >= 0.6 is 0 Å². The number of cyclic esters (lactones) is 1. The van der Waals surface area contributed by atoms with Gasteiger partial charge in [0.1, 0.15) is 5.82 Å². The van der Waals surface area contributed by atoms with Crippen molar-refractivity contribution in [3.63, 3.8) is 0 Å². The Kier molecular flexibility index (Phi) is 4.06. The number of carbonyl (C=O) groups excluding carboxylic acids is 1. The van der Waals surface area contributed by atoms with Gasteiger partial charge in [-0.3, -0.25) is 0 Å². The lowest BCUT2D eigenvalue weighted by Gasteiger charge is -2.18. The molecule has 0 atom stereocenters. The third kappa shape index (κ3) is 3.43. The average Bonchev–Trinajstić information content (AvgIpc) is 2.88. The van der Waals surface area contributed by atoms with E-state index in [9.17, 15) is 9.18 Å². The summed E-state index contributed by atoms with van der Waals surface area (Å²) in [5.74, 6) is -0.812. The van der Waals surface area contributed by atoms with E-state index in [-0.39, 0.29) is 17.0 Å². The molecule has 0 fully saturated rings. The number of rotatable bonds is 2. The molecule has 0 radical (unpaired) electrons. The van der Waals surface area contributed by atoms with Gasteiger partial charge in [0.05, 0.1) is 0 Å². The lowest BCUT2D eigenvalue weighted by Crippen LogP contribution is -2.10. The number of hydrogen-bond donors (Lipinski definition) is 0. The maximum atomic E-state index is 13.3. The molecule has 0 aromatic heterocycles. The van der Waals surface area contributed by atoms with Gasteiger partial charge in [0.25, 0.3) is 0 Å². The third-order valence-corrected chi connectivity index (χ3v) is 3.77. The molecule has 0 bridgehead atoms. The Bertz CT molecular complexity index is 843. The Morgan fingerprint density at radius 3 is 2.42 bits per heavy atom. The summed E-state index contributed by atoms with van der Waals surface area (Å²) in [6.45, 7) is 6.43. The molecule has 3 nitrogen and oxygen atoms in total. The number of ether oxygens (including phenoxy) is 1. The summed E-state index contributed by atoms with van der Waals surface area (Å²) in [6.07, 6.45) is 1.67. The van der Waals surface area contributed by atoms with Crippen molar-refractivity contribution >= 4 is 17.9 Å². The van der Waals surface area contributed by atoms with Gasteiger partial charge in [0, 0.05) is 5.56 Å². The zero-order chi connectivity index (χ0) is 17.3. The molecule has 0 unspecified atom stereocenters. The fourth-order valence-corrected chi connectivity index (χ4v) is 2.39. The second-order valence-corrected chi connectivity index (χ2v) is 6.72. The van der Waals surface area contributed by atoms with Crippen molar-refractivity contribution in [3.8, 4) is 0 Å². The van der Waals surface area contributed by atoms with Gasteiger partial charge in [0.15, 0.2) is 5.70 Å². The number of benzene rings is 2. The molecule has 1 heterocycles. The van der Waals surface area contributed by atoms with Crippen molar-refractivity contribution in [2.75, 3.05) is 0 Å². The van der Waals surface area contributed by atoms with Crippen LogP contribution in [0.15, 0.2) is 59.2 Å². The zero-order valence-corrected chi connectivity index (χ0v) is 13.8. The summed E-state index contributed by atoms with van der Waals surface area (Å²) in [7, 11) is 0. The lowest BCUT2D eigenvalue weighted by atomic mass is 9.87. The normalized spacial score (nSPS) is 16.2. The van der Waals surface area contributed by atoms with Crippen LogP contribution in [-0.4, -0.2) is 11.9 Å². The first-order valence-corrected chi connectivity index (χ1v) is 7.72. The molecule has 0 spiro atoms. The summed E-state index contributed by atoms with van der Waals surface area (Å²) < 4.78 is 18.4. The molecule has 1 aliphatic rings. The lowest BCUT2D eigenvalue weighted by molar-refractivity contribution is -0.129. The van der Waals surface area contributed by atoms with E-state index in [0.717, 1.165) is 5.56 Å². The highest BCUT2D eigenvalue weighted by atomic mass is 19.1. The summed E-state index contributed by atoms with van der Waals surface area (Å²) in [5, 5.41) is 0. The van der Waals surface area contributed by atoms with E-state index in [1.807, 2.05) is 24.3 Å². The summed E-state index contributed by atoms with van der Waals surface area (Å²) >= 11 is 0. The van der Waals surface area contributed by atoms with Crippen molar-refractivity contribution in [2.45, 2.75) is 26.2 Å². The molecule has 0 saturated carbocycles. The van der Waals surface area contributed by atoms with Gasteiger partial charge in [-0.1, -0.05) is 51.1 Å². The van der Waals surface area contributed by atoms with Gasteiger partial charge >= 0.3 is 5.97 Å². The van der Waals surface area contributed by atoms with Crippen molar-refractivity contribution in [1.82, 2.24) is 0 Å². The highest BCUT2D eigenvalue weighted by Gasteiger charge is 2.24. The Morgan fingerprint density at radius 2 is 1.79 bits per heavy atom. The predicted octanol–water partition coefficient (Wildman–Crippen LogP) is 4.47. The van der Waals surface area contributed by atoms with Gasteiger partial charge in [-0.25, -0.2) is 14.2 Å². The van der Waals surface area contributed by atoms with Crippen molar-refractivity contribution in [1.29, 1.82) is 0 Å². The molecule has 122 valence electrons. The van der Waals surface area contributed by atoms with E-state index < -0.39 is 11.8 Å². The number of hydrogen-bond acceptors (Lipinski definition) is 3. The zero-order valence-electron chi connectivity index (χ0n) is 13.8. The molecule has 0 N–H and O–H groups in total. The Morgan fingerprint density at radius 1 is 1.08 bits per heavy atom. The van der Waals surface area contributed by atoms with E-state index in [1.165, 1.54) is 17.7 Å². The minimum Gasteiger partial charge on any atom is -0.402 e. The van der Waals surface area contributed by atoms with E-state index in [4.69, 9.17) is 4.74 Å². The molecular weight excluding hydrogens is 305 g/mol. The number of halogens is 1. The molecule has 0 saturated heterocycles. The summed E-state index contributed by atoms with van der Waals surface area (Å²) in [4.78, 5) is 16.2. The van der Waals surface area contributed by atoms with Crippen LogP contribution in [0.5, 0.6) is 0 Å². The van der Waals surface area contributed by atoms with Crippen LogP contribution in [0.3, 0.4) is 0 Å². The largest absolute Gasteiger partial charge is 0.402 e. The summed E-state index contributed by atoms with van der Waals surface area (Å²) in [5.41, 5.74) is 2.79. The highest BCUT2D eigenvalue weighted by molar-refractivity contribution is 6.12. The Balaban J connectivity index is 1.88. The second kappa shape index (κ2) is 6.04. The molecular formula is C20H18FNO2. The van der Waals surface area contributed by atoms with Crippen LogP contribution in [0, 0.1) is 5.82 Å². The van der Waals surface area contributed by atoms with Crippen molar-refractivity contribution in [3.05, 3.63) is 76.7 Å². The predicted molar refractivity (Wildman–Crippen MR) is 92.1 cm³/mol. The maximum Gasteiger partial charge on any atom is 0.363 e. The van der Waals surface area contributed by atoms with Crippen LogP contribution < -0.4 is 0 Å². The van der Waals surface area contributed by atoms with Crippen molar-refractivity contribution < 1.29 is 13.9 Å². The number of esters is 1. The number of carbonyl (C=O) groups is 1. The topological polar surface area (TPSA) is 38.7 Å². The van der Waals surface area contributed by atoms with Crippen LogP contribution in [0.25, 0.3) is 6.08 Å². The van der Waals surface area contributed by atoms with E-state index in [1.54, 1.807) is 18.2 Å². The van der Waals surface area contributed by atoms with Gasteiger partial charge < -0.3 is 4.74 Å². The Hall–Kier alpha value is -2.75. The van der Waals surface area contributed by atoms with Gasteiger partial charge in [0.2, 0.25) is 5.90 Å². The fourth-order valence-electron chi connectivity index (χ4n) is 2.39. The second-order valence-electron chi connectivity index (χ2n) is 6.72. The van der Waals surface area contributed by atoms with Gasteiger partial charge in [-0.05, 0) is 40.8 Å². The van der Waals surface area contributed by atoms with Crippen LogP contribution in [0.1, 0.15) is 37.5 Å². The highest BCUT2D eigenvalue weighted by Crippen LogP contribution is 2.24. The number of nitrogens with zero attached hydrogens (tertiary/aromatic N) is 1. The first-order chi connectivity index (χ1) is 11.3. The van der Waals surface area contributed by atoms with Gasteiger partial charge in [-0.15, -0.1) is 0 Å². The summed E-state index contributed by atoms with van der Waals surface area (Å²) in [6, 6.07) is 13.8. The molecule has 0 amide bonds. The standard InChI is InChI=1S/C20H18FNO2/c1-20(2,3)15-9-7-13(8-10-15)11-17-19(23)24-18(22-17)14-5-4-6-16(21)12-14/h4-12H,1-3H3/b17-11+. The van der Waals surface area contributed by atoms with Crippen LogP contribution in [0.4, 0.5) is 4.39 Å². The van der Waals surface area contributed by atoms with E-state index in [0.29, 0.717) is 5.56 Å².